The van der Waals surface area contributed by atoms with Crippen LogP contribution in [0.4, 0.5) is 5.95 Å². The van der Waals surface area contributed by atoms with Gasteiger partial charge in [-0.1, -0.05) is 11.6 Å². The number of nitrogens with zero attached hydrogens (tertiary/aromatic N) is 3. The van der Waals surface area contributed by atoms with Crippen LogP contribution in [-0.2, 0) is 14.8 Å². The third-order valence-corrected chi connectivity index (χ3v) is 6.25. The van der Waals surface area contributed by atoms with Crippen molar-refractivity contribution in [2.24, 2.45) is 0 Å². The van der Waals surface area contributed by atoms with E-state index in [0.29, 0.717) is 4.31 Å². The molecule has 1 aliphatic rings. The zero-order chi connectivity index (χ0) is 16.8. The van der Waals surface area contributed by atoms with Gasteiger partial charge in [0.05, 0.1) is 9.21 Å². The van der Waals surface area contributed by atoms with Gasteiger partial charge in [0, 0.05) is 19.4 Å². The highest BCUT2D eigenvalue weighted by atomic mass is 35.5. The van der Waals surface area contributed by atoms with E-state index in [0.717, 1.165) is 11.3 Å². The number of anilines is 1. The van der Waals surface area contributed by atoms with E-state index in [4.69, 9.17) is 11.6 Å². The van der Waals surface area contributed by atoms with Crippen molar-refractivity contribution < 1.29 is 18.3 Å². The zero-order valence-corrected chi connectivity index (χ0v) is 13.9. The monoisotopic (exact) mass is 372 g/mol. The Balaban J connectivity index is 2.09. The number of halogens is 1. The van der Waals surface area contributed by atoms with Crippen LogP contribution in [0.5, 0.6) is 0 Å². The number of rotatable bonds is 2. The van der Waals surface area contributed by atoms with E-state index in [1.165, 1.54) is 25.5 Å². The fraction of sp³-hybridized carbons (Fsp3) is 0.0833. The minimum atomic E-state index is -3.98. The lowest BCUT2D eigenvalue weighted by molar-refractivity contribution is -0.113. The normalized spacial score (nSPS) is 16.2. The van der Waals surface area contributed by atoms with Crippen LogP contribution in [-0.4, -0.2) is 40.8 Å². The van der Waals surface area contributed by atoms with E-state index in [1.54, 1.807) is 6.07 Å². The summed E-state index contributed by atoms with van der Waals surface area (Å²) in [7, 11) is -2.81. The summed E-state index contributed by atoms with van der Waals surface area (Å²) in [5.74, 6) is -1.34. The van der Waals surface area contributed by atoms with Crippen molar-refractivity contribution in [1.82, 2.24) is 14.3 Å². The van der Waals surface area contributed by atoms with E-state index in [-0.39, 0.29) is 20.1 Å². The number of aliphatic hydroxyl groups excluding tert-OH is 1. The Morgan fingerprint density at radius 3 is 2.70 bits per heavy atom. The van der Waals surface area contributed by atoms with E-state index in [1.807, 2.05) is 0 Å². The molecule has 0 spiro atoms. The number of fused-ring (bicyclic) bond motifs is 1. The second-order valence-electron chi connectivity index (χ2n) is 4.44. The largest absolute Gasteiger partial charge is 0.504 e. The highest BCUT2D eigenvalue weighted by Crippen LogP contribution is 2.41. The average molecular weight is 373 g/mol. The van der Waals surface area contributed by atoms with Gasteiger partial charge in [-0.05, 0) is 12.1 Å². The SMILES string of the molecule is CN1C(C(=O)Nc2ncccn2)=C(O)c2sc(Cl)cc2S1(=O)=O. The van der Waals surface area contributed by atoms with Crippen LogP contribution in [0.25, 0.3) is 5.76 Å². The summed E-state index contributed by atoms with van der Waals surface area (Å²) in [6, 6.07) is 2.79. The molecule has 2 N–H and O–H groups in total. The first kappa shape index (κ1) is 15.7. The van der Waals surface area contributed by atoms with Crippen molar-refractivity contribution in [3.8, 4) is 0 Å². The first-order valence-electron chi connectivity index (χ1n) is 6.12. The van der Waals surface area contributed by atoms with Gasteiger partial charge in [-0.2, -0.15) is 0 Å². The molecule has 0 unspecified atom stereocenters. The maximum atomic E-state index is 12.4. The molecule has 11 heteroatoms. The summed E-state index contributed by atoms with van der Waals surface area (Å²) in [5, 5.41) is 12.6. The number of amides is 1. The molecule has 120 valence electrons. The molecule has 3 heterocycles. The molecule has 3 rings (SSSR count). The number of hydrogen-bond acceptors (Lipinski definition) is 7. The first-order valence-corrected chi connectivity index (χ1v) is 8.76. The van der Waals surface area contributed by atoms with Crippen molar-refractivity contribution >= 4 is 50.6 Å². The van der Waals surface area contributed by atoms with Crippen molar-refractivity contribution in [3.05, 3.63) is 39.4 Å². The molecule has 1 aliphatic heterocycles. The summed E-state index contributed by atoms with van der Waals surface area (Å²) in [5.41, 5.74) is -0.427. The third-order valence-electron chi connectivity index (χ3n) is 3.07. The Morgan fingerprint density at radius 2 is 2.04 bits per heavy atom. The molecular formula is C12H9ClN4O4S2. The van der Waals surface area contributed by atoms with Crippen LogP contribution in [0.15, 0.2) is 35.1 Å². The molecule has 0 atom stereocenters. The third kappa shape index (κ3) is 2.54. The Hall–Kier alpha value is -2.17. The Morgan fingerprint density at radius 1 is 1.39 bits per heavy atom. The zero-order valence-electron chi connectivity index (χ0n) is 11.5. The number of aliphatic hydroxyl groups is 1. The summed E-state index contributed by atoms with van der Waals surface area (Å²) in [4.78, 5) is 19.9. The predicted molar refractivity (Wildman–Crippen MR) is 84.5 cm³/mol. The smallest absolute Gasteiger partial charge is 0.279 e. The van der Waals surface area contributed by atoms with E-state index < -0.39 is 27.4 Å². The lowest BCUT2D eigenvalue weighted by atomic mass is 10.3. The van der Waals surface area contributed by atoms with E-state index in [2.05, 4.69) is 15.3 Å². The Labute approximate surface area is 140 Å². The molecular weight excluding hydrogens is 364 g/mol. The molecule has 0 radical (unpaired) electrons. The minimum Gasteiger partial charge on any atom is -0.504 e. The standard InChI is InChI=1S/C12H9ClN4O4S2/c1-17-8(11(19)16-12-14-3-2-4-15-12)9(18)10-6(23(17,20)21)5-7(13)22-10/h2-5,18H,1H3,(H,14,15,16,19). The highest BCUT2D eigenvalue weighted by molar-refractivity contribution is 7.89. The van der Waals surface area contributed by atoms with Gasteiger partial charge >= 0.3 is 0 Å². The fourth-order valence-corrected chi connectivity index (χ4v) is 4.95. The summed E-state index contributed by atoms with van der Waals surface area (Å²) in [6.07, 6.45) is 2.82. The second kappa shape index (κ2) is 5.48. The van der Waals surface area contributed by atoms with Gasteiger partial charge in [0.15, 0.2) is 11.5 Å². The van der Waals surface area contributed by atoms with Crippen LogP contribution in [0, 0.1) is 0 Å². The number of hydrogen-bond donors (Lipinski definition) is 2. The molecule has 23 heavy (non-hydrogen) atoms. The molecule has 1 amide bonds. The summed E-state index contributed by atoms with van der Waals surface area (Å²) < 4.78 is 25.8. The van der Waals surface area contributed by atoms with E-state index in [9.17, 15) is 18.3 Å². The number of carbonyl (C=O) groups excluding carboxylic acids is 1. The number of carbonyl (C=O) groups is 1. The number of aromatic nitrogens is 2. The molecule has 0 aromatic carbocycles. The van der Waals surface area contributed by atoms with Gasteiger partial charge < -0.3 is 5.11 Å². The Bertz CT molecular complexity index is 924. The number of nitrogens with one attached hydrogen (secondary N) is 1. The van der Waals surface area contributed by atoms with Gasteiger partial charge in [0.2, 0.25) is 5.95 Å². The summed E-state index contributed by atoms with van der Waals surface area (Å²) >= 11 is 6.70. The second-order valence-corrected chi connectivity index (χ2v) is 8.06. The van der Waals surface area contributed by atoms with Gasteiger partial charge in [0.1, 0.15) is 4.90 Å². The number of likely N-dealkylation sites (N-methyl/N-ethyl adjacent to an activating group) is 1. The van der Waals surface area contributed by atoms with Crippen molar-refractivity contribution in [1.29, 1.82) is 0 Å². The molecule has 0 bridgehead atoms. The highest BCUT2D eigenvalue weighted by Gasteiger charge is 2.39. The average Bonchev–Trinajstić information content (AvgIpc) is 2.90. The maximum Gasteiger partial charge on any atom is 0.279 e. The quantitative estimate of drug-likeness (QED) is 0.829. The maximum absolute atomic E-state index is 12.4. The molecule has 2 aromatic rings. The van der Waals surface area contributed by atoms with Crippen molar-refractivity contribution in [2.75, 3.05) is 12.4 Å². The van der Waals surface area contributed by atoms with Crippen LogP contribution < -0.4 is 5.32 Å². The van der Waals surface area contributed by atoms with Gasteiger partial charge in [-0.25, -0.2) is 18.4 Å². The Kier molecular flexibility index (Phi) is 3.74. The van der Waals surface area contributed by atoms with Gasteiger partial charge in [0.25, 0.3) is 15.9 Å². The van der Waals surface area contributed by atoms with Crippen LogP contribution in [0.3, 0.4) is 0 Å². The number of sulfonamides is 1. The molecule has 0 aliphatic carbocycles. The molecule has 0 saturated heterocycles. The predicted octanol–water partition coefficient (Wildman–Crippen LogP) is 1.69. The summed E-state index contributed by atoms with van der Waals surface area (Å²) in [6.45, 7) is 0. The molecule has 8 nitrogen and oxygen atoms in total. The topological polar surface area (TPSA) is 112 Å². The fourth-order valence-electron chi connectivity index (χ4n) is 2.00. The van der Waals surface area contributed by atoms with Crippen LogP contribution >= 0.6 is 22.9 Å². The van der Waals surface area contributed by atoms with E-state index >= 15 is 0 Å². The van der Waals surface area contributed by atoms with Crippen molar-refractivity contribution in [3.63, 3.8) is 0 Å². The first-order chi connectivity index (χ1) is 10.8. The minimum absolute atomic E-state index is 0.0152. The molecule has 2 aromatic heterocycles. The lowest BCUT2D eigenvalue weighted by Crippen LogP contribution is -2.36. The van der Waals surface area contributed by atoms with Crippen LogP contribution in [0.1, 0.15) is 4.88 Å². The van der Waals surface area contributed by atoms with Gasteiger partial charge in [-0.3, -0.25) is 14.4 Å². The molecule has 0 saturated carbocycles. The van der Waals surface area contributed by atoms with Crippen LogP contribution in [0.2, 0.25) is 4.34 Å². The lowest BCUT2D eigenvalue weighted by Gasteiger charge is -2.26. The number of thiophene rings is 1. The van der Waals surface area contributed by atoms with Crippen molar-refractivity contribution in [2.45, 2.75) is 4.90 Å². The van der Waals surface area contributed by atoms with Gasteiger partial charge in [-0.15, -0.1) is 11.3 Å². The molecule has 0 fully saturated rings.